The molecule has 0 spiro atoms. The molecule has 13 heteroatoms. The van der Waals surface area contributed by atoms with Crippen LogP contribution in [0.4, 0.5) is 11.6 Å². The predicted octanol–water partition coefficient (Wildman–Crippen LogP) is 0.773. The van der Waals surface area contributed by atoms with Gasteiger partial charge in [-0.3, -0.25) is 19.8 Å². The van der Waals surface area contributed by atoms with E-state index in [1.165, 1.54) is 0 Å². The molecule has 8 N–H and O–H groups in total. The number of piperidine rings is 1. The molecule has 1 unspecified atom stereocenters. The Balaban J connectivity index is 1.50. The average molecular weight is 494 g/mol. The van der Waals surface area contributed by atoms with Gasteiger partial charge < -0.3 is 22.5 Å². The minimum Gasteiger partial charge on any atom is -0.382 e. The van der Waals surface area contributed by atoms with Crippen molar-refractivity contribution in [1.29, 1.82) is 0 Å². The van der Waals surface area contributed by atoms with Gasteiger partial charge in [0.25, 0.3) is 5.91 Å². The van der Waals surface area contributed by atoms with E-state index in [2.05, 4.69) is 25.6 Å². The molecule has 0 saturated carbocycles. The lowest BCUT2D eigenvalue weighted by atomic mass is 10.1. The Hall–Kier alpha value is -3.15. The summed E-state index contributed by atoms with van der Waals surface area (Å²) in [4.78, 5) is 38.6. The van der Waals surface area contributed by atoms with Crippen LogP contribution in [-0.2, 0) is 11.3 Å². The summed E-state index contributed by atoms with van der Waals surface area (Å²) in [5.74, 6) is -1.13. The lowest BCUT2D eigenvalue weighted by molar-refractivity contribution is -0.122. The van der Waals surface area contributed by atoms with E-state index in [4.69, 9.17) is 40.4 Å². The lowest BCUT2D eigenvalue weighted by Gasteiger charge is -2.30. The number of hydrogen-bond donors (Lipinski definition) is 5. The van der Waals surface area contributed by atoms with Gasteiger partial charge >= 0.3 is 0 Å². The Morgan fingerprint density at radius 1 is 1.15 bits per heavy atom. The first kappa shape index (κ1) is 24.5. The van der Waals surface area contributed by atoms with Gasteiger partial charge in [0.05, 0.1) is 12.6 Å². The highest BCUT2D eigenvalue weighted by Crippen LogP contribution is 2.17. The number of carbonyl (C=O) groups excluding carboxylic acids is 2. The van der Waals surface area contributed by atoms with Crippen LogP contribution in [0.1, 0.15) is 28.9 Å². The Labute approximate surface area is 200 Å². The van der Waals surface area contributed by atoms with Crippen molar-refractivity contribution >= 4 is 52.6 Å². The number of nitrogens with one attached hydrogen (secondary N) is 2. The molecule has 2 aromatic rings. The first-order chi connectivity index (χ1) is 15.7. The number of nitrogens with two attached hydrogens (primary N) is 3. The van der Waals surface area contributed by atoms with Crippen LogP contribution in [-0.4, -0.2) is 58.3 Å². The third-order valence-electron chi connectivity index (χ3n) is 4.93. The Bertz CT molecular complexity index is 1050. The van der Waals surface area contributed by atoms with E-state index in [0.717, 1.165) is 24.9 Å². The molecule has 0 radical (unpaired) electrons. The number of benzene rings is 1. The van der Waals surface area contributed by atoms with Crippen LogP contribution in [0.15, 0.2) is 29.3 Å². The third kappa shape index (κ3) is 7.17. The van der Waals surface area contributed by atoms with Crippen LogP contribution in [0.5, 0.6) is 0 Å². The molecule has 1 aliphatic heterocycles. The highest BCUT2D eigenvalue weighted by atomic mass is 35.5. The second-order valence-electron chi connectivity index (χ2n) is 7.54. The predicted molar refractivity (Wildman–Crippen MR) is 128 cm³/mol. The van der Waals surface area contributed by atoms with Crippen LogP contribution in [0.25, 0.3) is 0 Å². The Kier molecular flexibility index (Phi) is 8.26. The van der Waals surface area contributed by atoms with Crippen LogP contribution in [0, 0.1) is 0 Å². The van der Waals surface area contributed by atoms with Gasteiger partial charge in [0.2, 0.25) is 5.91 Å². The number of likely N-dealkylation sites (tertiary alicyclic amines) is 1. The number of carbonyl (C=O) groups is 2. The van der Waals surface area contributed by atoms with E-state index in [-0.39, 0.29) is 46.9 Å². The SMILES string of the molecule is NC(=NC1CCCN(CC(=O)NCc2ccc(Cl)cc2)C1)NC(=O)c1nc(Cl)c(N)nc1N. The highest BCUT2D eigenvalue weighted by molar-refractivity contribution is 6.31. The molecular weight excluding hydrogens is 469 g/mol. The third-order valence-corrected chi connectivity index (χ3v) is 5.46. The smallest absolute Gasteiger partial charge is 0.280 e. The molecule has 1 aromatic heterocycles. The molecule has 11 nitrogen and oxygen atoms in total. The number of nitrogens with zero attached hydrogens (tertiary/aromatic N) is 4. The first-order valence-corrected chi connectivity index (χ1v) is 10.9. The van der Waals surface area contributed by atoms with Crippen molar-refractivity contribution in [3.8, 4) is 0 Å². The second kappa shape index (κ2) is 11.1. The summed E-state index contributed by atoms with van der Waals surface area (Å²) < 4.78 is 0. The van der Waals surface area contributed by atoms with Gasteiger partial charge in [0.1, 0.15) is 0 Å². The molecule has 1 atom stereocenters. The molecule has 2 heterocycles. The molecule has 176 valence electrons. The van der Waals surface area contributed by atoms with E-state index >= 15 is 0 Å². The number of halogens is 2. The van der Waals surface area contributed by atoms with Gasteiger partial charge in [-0.2, -0.15) is 0 Å². The normalized spacial score (nSPS) is 16.9. The van der Waals surface area contributed by atoms with Crippen LogP contribution >= 0.6 is 23.2 Å². The van der Waals surface area contributed by atoms with Crippen molar-refractivity contribution in [1.82, 2.24) is 25.5 Å². The topological polar surface area (TPSA) is 178 Å². The summed E-state index contributed by atoms with van der Waals surface area (Å²) in [5.41, 5.74) is 17.9. The monoisotopic (exact) mass is 493 g/mol. The maximum Gasteiger partial charge on any atom is 0.280 e. The van der Waals surface area contributed by atoms with Crippen molar-refractivity contribution < 1.29 is 9.59 Å². The fraction of sp³-hybridized carbons (Fsp3) is 0.350. The van der Waals surface area contributed by atoms with Gasteiger partial charge in [-0.15, -0.1) is 0 Å². The van der Waals surface area contributed by atoms with Gasteiger partial charge in [-0.05, 0) is 37.1 Å². The molecule has 1 aromatic carbocycles. The number of anilines is 2. The first-order valence-electron chi connectivity index (χ1n) is 10.2. The zero-order valence-corrected chi connectivity index (χ0v) is 19.2. The van der Waals surface area contributed by atoms with Gasteiger partial charge in [-0.25, -0.2) is 15.0 Å². The molecule has 2 amide bonds. The molecule has 1 fully saturated rings. The summed E-state index contributed by atoms with van der Waals surface area (Å²) in [5, 5.41) is 5.83. The Morgan fingerprint density at radius 3 is 2.61 bits per heavy atom. The van der Waals surface area contributed by atoms with Crippen LogP contribution in [0.3, 0.4) is 0 Å². The zero-order valence-electron chi connectivity index (χ0n) is 17.7. The van der Waals surface area contributed by atoms with Gasteiger partial charge in [-0.1, -0.05) is 35.3 Å². The fourth-order valence-electron chi connectivity index (χ4n) is 3.36. The van der Waals surface area contributed by atoms with Crippen molar-refractivity contribution in [2.45, 2.75) is 25.4 Å². The molecule has 0 aliphatic carbocycles. The quantitative estimate of drug-likeness (QED) is 0.289. The van der Waals surface area contributed by atoms with E-state index in [0.29, 0.717) is 18.1 Å². The summed E-state index contributed by atoms with van der Waals surface area (Å²) >= 11 is 11.7. The number of guanidine groups is 1. The molecule has 1 saturated heterocycles. The highest BCUT2D eigenvalue weighted by Gasteiger charge is 2.22. The average Bonchev–Trinajstić information content (AvgIpc) is 2.76. The van der Waals surface area contributed by atoms with E-state index < -0.39 is 5.91 Å². The number of rotatable bonds is 6. The Morgan fingerprint density at radius 2 is 1.88 bits per heavy atom. The zero-order chi connectivity index (χ0) is 24.0. The van der Waals surface area contributed by atoms with Crippen LogP contribution < -0.4 is 27.8 Å². The van der Waals surface area contributed by atoms with Crippen LogP contribution in [0.2, 0.25) is 10.2 Å². The number of nitrogen functional groups attached to an aromatic ring is 2. The summed E-state index contributed by atoms with van der Waals surface area (Å²) in [6, 6.07) is 7.11. The summed E-state index contributed by atoms with van der Waals surface area (Å²) in [6.07, 6.45) is 1.61. The minimum absolute atomic E-state index is 0.0770. The maximum atomic E-state index is 12.4. The van der Waals surface area contributed by atoms with Crippen molar-refractivity contribution in [3.63, 3.8) is 0 Å². The van der Waals surface area contributed by atoms with Gasteiger partial charge in [0, 0.05) is 18.1 Å². The standard InChI is InChI=1S/C20H25Cl2N9O2/c21-12-5-3-11(4-6-12)8-26-14(32)10-31-7-1-2-13(9-31)27-20(25)30-19(33)15-17(23)29-18(24)16(22)28-15/h3-6,13H,1-2,7-10H2,(H,26,32)(H4,23,24,29)(H3,25,27,30,33). The summed E-state index contributed by atoms with van der Waals surface area (Å²) in [6.45, 7) is 1.96. The molecule has 33 heavy (non-hydrogen) atoms. The van der Waals surface area contributed by atoms with E-state index in [9.17, 15) is 9.59 Å². The van der Waals surface area contributed by atoms with Crippen molar-refractivity contribution in [3.05, 3.63) is 45.7 Å². The van der Waals surface area contributed by atoms with Crippen molar-refractivity contribution in [2.75, 3.05) is 31.1 Å². The summed E-state index contributed by atoms with van der Waals surface area (Å²) in [7, 11) is 0. The maximum absolute atomic E-state index is 12.4. The number of hydrogen-bond acceptors (Lipinski definition) is 8. The second-order valence-corrected chi connectivity index (χ2v) is 8.33. The molecular formula is C20H25Cl2N9O2. The number of aromatic nitrogens is 2. The molecule has 1 aliphatic rings. The number of amides is 2. The fourth-order valence-corrected chi connectivity index (χ4v) is 3.61. The largest absolute Gasteiger partial charge is 0.382 e. The number of aliphatic imine (C=N–C) groups is 1. The minimum atomic E-state index is -0.697. The van der Waals surface area contributed by atoms with Gasteiger partial charge in [0.15, 0.2) is 28.4 Å². The van der Waals surface area contributed by atoms with Crippen molar-refractivity contribution in [2.24, 2.45) is 10.7 Å². The molecule has 3 rings (SSSR count). The molecule has 0 bridgehead atoms. The van der Waals surface area contributed by atoms with E-state index in [1.54, 1.807) is 12.1 Å². The lowest BCUT2D eigenvalue weighted by Crippen LogP contribution is -2.45. The van der Waals surface area contributed by atoms with E-state index in [1.807, 2.05) is 17.0 Å².